The first kappa shape index (κ1) is 15.3. The number of hydrogen-bond donors (Lipinski definition) is 1. The third kappa shape index (κ3) is 2.70. The highest BCUT2D eigenvalue weighted by Gasteiger charge is 2.61. The molecule has 1 aromatic carbocycles. The summed E-state index contributed by atoms with van der Waals surface area (Å²) in [7, 11) is -3.61. The largest absolute Gasteiger partial charge is 0.351 e. The van der Waals surface area contributed by atoms with Crippen LogP contribution >= 0.6 is 0 Å². The molecular weight excluding hydrogens is 298 g/mol. The molecule has 1 N–H and O–H groups in total. The minimum atomic E-state index is -3.61. The summed E-state index contributed by atoms with van der Waals surface area (Å²) in [6.45, 7) is 0.477. The standard InChI is InChI=1S/C17H21NO3S/c19-16(18-13-14-7-3-1-4-8-14)17(11-12-17)22(20,21)15-9-5-2-6-10-15/h2,5-7,9-10H,1,3-4,8,11-13H2,(H,18,19). The Morgan fingerprint density at radius 1 is 1.14 bits per heavy atom. The van der Waals surface area contributed by atoms with Gasteiger partial charge in [-0.05, 0) is 50.7 Å². The molecule has 118 valence electrons. The van der Waals surface area contributed by atoms with E-state index in [1.54, 1.807) is 30.3 Å². The lowest BCUT2D eigenvalue weighted by Gasteiger charge is -2.18. The second-order valence-electron chi connectivity index (χ2n) is 6.10. The van der Waals surface area contributed by atoms with Gasteiger partial charge in [0.15, 0.2) is 14.6 Å². The van der Waals surface area contributed by atoms with Crippen LogP contribution in [-0.4, -0.2) is 25.6 Å². The van der Waals surface area contributed by atoms with Crippen LogP contribution < -0.4 is 5.32 Å². The van der Waals surface area contributed by atoms with Gasteiger partial charge in [0.05, 0.1) is 4.90 Å². The summed E-state index contributed by atoms with van der Waals surface area (Å²) < 4.78 is 24.2. The van der Waals surface area contributed by atoms with Crippen molar-refractivity contribution in [2.75, 3.05) is 6.54 Å². The Morgan fingerprint density at radius 3 is 2.45 bits per heavy atom. The Labute approximate surface area is 131 Å². The Morgan fingerprint density at radius 2 is 1.86 bits per heavy atom. The zero-order chi connectivity index (χ0) is 15.6. The van der Waals surface area contributed by atoms with Gasteiger partial charge in [-0.15, -0.1) is 0 Å². The van der Waals surface area contributed by atoms with E-state index in [9.17, 15) is 13.2 Å². The van der Waals surface area contributed by atoms with Crippen molar-refractivity contribution in [3.63, 3.8) is 0 Å². The number of carbonyl (C=O) groups excluding carboxylic acids is 1. The van der Waals surface area contributed by atoms with E-state index in [1.165, 1.54) is 12.0 Å². The molecule has 0 radical (unpaired) electrons. The molecule has 5 heteroatoms. The fraction of sp³-hybridized carbons (Fsp3) is 0.471. The average molecular weight is 319 g/mol. The Kier molecular flexibility index (Phi) is 4.08. The number of amides is 1. The molecule has 0 aliphatic heterocycles. The van der Waals surface area contributed by atoms with Crippen LogP contribution in [0.25, 0.3) is 0 Å². The van der Waals surface area contributed by atoms with E-state index >= 15 is 0 Å². The molecule has 2 aliphatic carbocycles. The smallest absolute Gasteiger partial charge is 0.242 e. The van der Waals surface area contributed by atoms with Crippen LogP contribution in [0, 0.1) is 0 Å². The maximum absolute atomic E-state index is 12.7. The van der Waals surface area contributed by atoms with Gasteiger partial charge in [-0.25, -0.2) is 8.42 Å². The van der Waals surface area contributed by atoms with Crippen LogP contribution in [0.2, 0.25) is 0 Å². The van der Waals surface area contributed by atoms with Crippen molar-refractivity contribution in [2.45, 2.75) is 48.2 Å². The molecule has 0 atom stereocenters. The first-order valence-electron chi connectivity index (χ1n) is 7.82. The molecule has 0 heterocycles. The van der Waals surface area contributed by atoms with Crippen LogP contribution in [0.15, 0.2) is 46.9 Å². The summed E-state index contributed by atoms with van der Waals surface area (Å²) in [5, 5.41) is 2.84. The zero-order valence-corrected chi connectivity index (χ0v) is 13.4. The van der Waals surface area contributed by atoms with Crippen molar-refractivity contribution >= 4 is 15.7 Å². The predicted molar refractivity (Wildman–Crippen MR) is 85.2 cm³/mol. The van der Waals surface area contributed by atoms with Crippen molar-refractivity contribution in [1.82, 2.24) is 5.32 Å². The quantitative estimate of drug-likeness (QED) is 0.849. The van der Waals surface area contributed by atoms with Gasteiger partial charge in [-0.1, -0.05) is 29.8 Å². The first-order valence-corrected chi connectivity index (χ1v) is 9.30. The van der Waals surface area contributed by atoms with E-state index in [-0.39, 0.29) is 10.8 Å². The first-order chi connectivity index (χ1) is 10.6. The third-order valence-corrected chi connectivity index (χ3v) is 7.06. The molecule has 1 amide bonds. The Balaban J connectivity index is 1.73. The van der Waals surface area contributed by atoms with Crippen LogP contribution in [-0.2, 0) is 14.6 Å². The summed E-state index contributed by atoms with van der Waals surface area (Å²) in [4.78, 5) is 12.7. The van der Waals surface area contributed by atoms with Gasteiger partial charge in [0, 0.05) is 6.54 Å². The van der Waals surface area contributed by atoms with Crippen molar-refractivity contribution in [2.24, 2.45) is 0 Å². The van der Waals surface area contributed by atoms with E-state index in [0.717, 1.165) is 19.3 Å². The van der Waals surface area contributed by atoms with E-state index < -0.39 is 14.6 Å². The summed E-state index contributed by atoms with van der Waals surface area (Å²) in [6.07, 6.45) is 7.38. The van der Waals surface area contributed by atoms with Gasteiger partial charge < -0.3 is 5.32 Å². The van der Waals surface area contributed by atoms with Crippen molar-refractivity contribution < 1.29 is 13.2 Å². The van der Waals surface area contributed by atoms with Crippen LogP contribution in [0.4, 0.5) is 0 Å². The highest BCUT2D eigenvalue weighted by molar-refractivity contribution is 7.94. The average Bonchev–Trinajstić information content (AvgIpc) is 3.37. The molecule has 4 nitrogen and oxygen atoms in total. The number of rotatable bonds is 5. The number of nitrogens with one attached hydrogen (secondary N) is 1. The molecular formula is C17H21NO3S. The van der Waals surface area contributed by atoms with Gasteiger partial charge in [-0.3, -0.25) is 4.79 Å². The third-order valence-electron chi connectivity index (χ3n) is 4.55. The SMILES string of the molecule is O=C(NCC1=CCCCC1)C1(S(=O)(=O)c2ccccc2)CC1. The van der Waals surface area contributed by atoms with Crippen molar-refractivity contribution in [1.29, 1.82) is 0 Å². The lowest BCUT2D eigenvalue weighted by atomic mass is 10.00. The number of sulfone groups is 1. The van der Waals surface area contributed by atoms with Crippen LogP contribution in [0.3, 0.4) is 0 Å². The van der Waals surface area contributed by atoms with Gasteiger partial charge in [0.2, 0.25) is 5.91 Å². The number of benzene rings is 1. The molecule has 0 bridgehead atoms. The highest BCUT2D eigenvalue weighted by Crippen LogP contribution is 2.47. The summed E-state index contributed by atoms with van der Waals surface area (Å²) in [6, 6.07) is 8.27. The molecule has 0 aromatic heterocycles. The van der Waals surface area contributed by atoms with Crippen molar-refractivity contribution in [3.05, 3.63) is 42.0 Å². The molecule has 2 aliphatic rings. The molecule has 0 saturated heterocycles. The van der Waals surface area contributed by atoms with Crippen LogP contribution in [0.1, 0.15) is 38.5 Å². The molecule has 0 spiro atoms. The molecule has 1 fully saturated rings. The van der Waals surface area contributed by atoms with Gasteiger partial charge in [-0.2, -0.15) is 0 Å². The lowest BCUT2D eigenvalue weighted by Crippen LogP contribution is -2.42. The second kappa shape index (κ2) is 5.88. The monoisotopic (exact) mass is 319 g/mol. The maximum atomic E-state index is 12.7. The molecule has 22 heavy (non-hydrogen) atoms. The van der Waals surface area contributed by atoms with E-state index in [1.807, 2.05) is 0 Å². The molecule has 1 saturated carbocycles. The fourth-order valence-electron chi connectivity index (χ4n) is 2.98. The van der Waals surface area contributed by atoms with Gasteiger partial charge in [0.25, 0.3) is 0 Å². The topological polar surface area (TPSA) is 63.2 Å². The molecule has 1 aromatic rings. The van der Waals surface area contributed by atoms with Gasteiger partial charge >= 0.3 is 0 Å². The predicted octanol–water partition coefficient (Wildman–Crippen LogP) is 2.61. The molecule has 3 rings (SSSR count). The van der Waals surface area contributed by atoms with E-state index in [4.69, 9.17) is 0 Å². The Bertz CT molecular complexity index is 688. The number of hydrogen-bond acceptors (Lipinski definition) is 3. The fourth-order valence-corrected chi connectivity index (χ4v) is 4.90. The normalized spacial score (nSPS) is 20.1. The lowest BCUT2D eigenvalue weighted by molar-refractivity contribution is -0.121. The summed E-state index contributed by atoms with van der Waals surface area (Å²) in [5.41, 5.74) is 1.22. The van der Waals surface area contributed by atoms with Crippen LogP contribution in [0.5, 0.6) is 0 Å². The van der Waals surface area contributed by atoms with E-state index in [0.29, 0.717) is 19.4 Å². The number of allylic oxidation sites excluding steroid dienone is 1. The maximum Gasteiger partial charge on any atom is 0.242 e. The summed E-state index contributed by atoms with van der Waals surface area (Å²) in [5.74, 6) is -0.345. The second-order valence-corrected chi connectivity index (χ2v) is 8.36. The zero-order valence-electron chi connectivity index (χ0n) is 12.5. The highest BCUT2D eigenvalue weighted by atomic mass is 32.2. The number of carbonyl (C=O) groups is 1. The van der Waals surface area contributed by atoms with Gasteiger partial charge in [0.1, 0.15) is 0 Å². The minimum Gasteiger partial charge on any atom is -0.351 e. The Hall–Kier alpha value is -1.62. The molecule has 0 unspecified atom stereocenters. The minimum absolute atomic E-state index is 0.236. The van der Waals surface area contributed by atoms with Crippen molar-refractivity contribution in [3.8, 4) is 0 Å². The summed E-state index contributed by atoms with van der Waals surface area (Å²) >= 11 is 0. The van der Waals surface area contributed by atoms with E-state index in [2.05, 4.69) is 11.4 Å².